The van der Waals surface area contributed by atoms with Crippen LogP contribution in [0.1, 0.15) is 23.7 Å². The standard InChI is InChI=1S/C10H8F4O2/c1-3-4(15)5-6(11)8(13)10(16-2)9(14)7(5)12/h3H2,1-2H3. The lowest BCUT2D eigenvalue weighted by Gasteiger charge is -2.09. The zero-order valence-corrected chi connectivity index (χ0v) is 8.54. The molecular weight excluding hydrogens is 228 g/mol. The largest absolute Gasteiger partial charge is 0.491 e. The second-order valence-electron chi connectivity index (χ2n) is 2.94. The third-order valence-corrected chi connectivity index (χ3v) is 2.03. The summed E-state index contributed by atoms with van der Waals surface area (Å²) in [7, 11) is 0.863. The molecule has 0 bridgehead atoms. The first-order valence-corrected chi connectivity index (χ1v) is 4.38. The lowest BCUT2D eigenvalue weighted by Crippen LogP contribution is -2.11. The van der Waals surface area contributed by atoms with Crippen LogP contribution in [0, 0.1) is 23.3 Å². The van der Waals surface area contributed by atoms with Crippen LogP contribution in [-0.2, 0) is 0 Å². The van der Waals surface area contributed by atoms with Gasteiger partial charge in [-0.05, 0) is 0 Å². The summed E-state index contributed by atoms with van der Waals surface area (Å²) < 4.78 is 56.9. The predicted molar refractivity (Wildman–Crippen MR) is 47.4 cm³/mol. The predicted octanol–water partition coefficient (Wildman–Crippen LogP) is 2.84. The number of hydrogen-bond acceptors (Lipinski definition) is 2. The summed E-state index contributed by atoms with van der Waals surface area (Å²) in [5.74, 6) is -9.08. The van der Waals surface area contributed by atoms with E-state index in [0.29, 0.717) is 0 Å². The molecule has 1 aromatic rings. The molecule has 2 nitrogen and oxygen atoms in total. The van der Waals surface area contributed by atoms with Crippen molar-refractivity contribution in [3.8, 4) is 5.75 Å². The van der Waals surface area contributed by atoms with E-state index in [1.54, 1.807) is 0 Å². The molecule has 0 amide bonds. The van der Waals surface area contributed by atoms with Gasteiger partial charge >= 0.3 is 0 Å². The van der Waals surface area contributed by atoms with Crippen molar-refractivity contribution < 1.29 is 27.1 Å². The zero-order chi connectivity index (χ0) is 12.5. The smallest absolute Gasteiger partial charge is 0.204 e. The molecule has 0 heterocycles. The SMILES string of the molecule is CCC(=O)c1c(F)c(F)c(OC)c(F)c1F. The molecule has 6 heteroatoms. The topological polar surface area (TPSA) is 26.3 Å². The van der Waals surface area contributed by atoms with Gasteiger partial charge in [-0.1, -0.05) is 6.92 Å². The Balaban J connectivity index is 3.60. The number of Topliss-reactive ketones (excluding diaryl/α,β-unsaturated/α-hetero) is 1. The summed E-state index contributed by atoms with van der Waals surface area (Å²) in [6.45, 7) is 1.32. The maximum absolute atomic E-state index is 13.2. The molecule has 1 rings (SSSR count). The number of ether oxygens (including phenoxy) is 1. The van der Waals surface area contributed by atoms with E-state index in [2.05, 4.69) is 4.74 Å². The summed E-state index contributed by atoms with van der Waals surface area (Å²) in [6, 6.07) is 0. The molecule has 0 radical (unpaired) electrons. The molecule has 0 saturated carbocycles. The van der Waals surface area contributed by atoms with Gasteiger partial charge in [-0.25, -0.2) is 8.78 Å². The Morgan fingerprint density at radius 2 is 1.50 bits per heavy atom. The van der Waals surface area contributed by atoms with E-state index in [4.69, 9.17) is 0 Å². The molecule has 0 saturated heterocycles. The number of benzene rings is 1. The third-order valence-electron chi connectivity index (χ3n) is 2.03. The van der Waals surface area contributed by atoms with E-state index in [-0.39, 0.29) is 6.42 Å². The van der Waals surface area contributed by atoms with Crippen molar-refractivity contribution >= 4 is 5.78 Å². The van der Waals surface area contributed by atoms with E-state index >= 15 is 0 Å². The first-order valence-electron chi connectivity index (χ1n) is 4.38. The number of ketones is 1. The van der Waals surface area contributed by atoms with Gasteiger partial charge in [0.1, 0.15) is 0 Å². The molecule has 88 valence electrons. The van der Waals surface area contributed by atoms with E-state index in [9.17, 15) is 22.4 Å². The summed E-state index contributed by atoms with van der Waals surface area (Å²) in [4.78, 5) is 11.1. The third kappa shape index (κ3) is 1.75. The highest BCUT2D eigenvalue weighted by atomic mass is 19.2. The minimum absolute atomic E-state index is 0.265. The Labute approximate surface area is 88.8 Å². The van der Waals surface area contributed by atoms with Gasteiger partial charge < -0.3 is 4.74 Å². The molecular formula is C10H8F4O2. The summed E-state index contributed by atoms with van der Waals surface area (Å²) in [5, 5.41) is 0. The molecule has 0 spiro atoms. The number of carbonyl (C=O) groups excluding carboxylic acids is 1. The normalized spacial score (nSPS) is 10.4. The molecule has 0 N–H and O–H groups in total. The molecule has 0 atom stereocenters. The maximum Gasteiger partial charge on any atom is 0.204 e. The van der Waals surface area contributed by atoms with E-state index in [1.165, 1.54) is 6.92 Å². The molecule has 0 aliphatic heterocycles. The number of hydrogen-bond donors (Lipinski definition) is 0. The van der Waals surface area contributed by atoms with Gasteiger partial charge in [-0.3, -0.25) is 4.79 Å². The Hall–Kier alpha value is -1.59. The van der Waals surface area contributed by atoms with Crippen LogP contribution in [0.4, 0.5) is 17.6 Å². The van der Waals surface area contributed by atoms with Gasteiger partial charge in [0.2, 0.25) is 11.6 Å². The van der Waals surface area contributed by atoms with E-state index in [1.807, 2.05) is 0 Å². The number of halogens is 4. The monoisotopic (exact) mass is 236 g/mol. The minimum atomic E-state index is -1.73. The maximum atomic E-state index is 13.2. The highest BCUT2D eigenvalue weighted by Crippen LogP contribution is 2.30. The Kier molecular flexibility index (Phi) is 3.51. The summed E-state index contributed by atoms with van der Waals surface area (Å²) in [6.07, 6.45) is -0.265. The summed E-state index contributed by atoms with van der Waals surface area (Å²) in [5.41, 5.74) is -1.21. The Bertz CT molecular complexity index is 414. The van der Waals surface area contributed by atoms with Crippen molar-refractivity contribution in [3.05, 3.63) is 28.8 Å². The van der Waals surface area contributed by atoms with Crippen LogP contribution in [0.5, 0.6) is 5.75 Å². The van der Waals surface area contributed by atoms with E-state index in [0.717, 1.165) is 7.11 Å². The second-order valence-corrected chi connectivity index (χ2v) is 2.94. The molecule has 0 aliphatic rings. The number of methoxy groups -OCH3 is 1. The Morgan fingerprint density at radius 1 is 1.06 bits per heavy atom. The average molecular weight is 236 g/mol. The highest BCUT2D eigenvalue weighted by molar-refractivity contribution is 5.96. The minimum Gasteiger partial charge on any atom is -0.491 e. The number of rotatable bonds is 3. The van der Waals surface area contributed by atoms with E-state index < -0.39 is 40.4 Å². The van der Waals surface area contributed by atoms with Crippen molar-refractivity contribution in [1.29, 1.82) is 0 Å². The first kappa shape index (κ1) is 12.5. The van der Waals surface area contributed by atoms with Gasteiger partial charge in [0.25, 0.3) is 0 Å². The quantitative estimate of drug-likeness (QED) is 0.458. The van der Waals surface area contributed by atoms with Crippen molar-refractivity contribution in [3.63, 3.8) is 0 Å². The van der Waals surface area contributed by atoms with Gasteiger partial charge in [0.15, 0.2) is 23.2 Å². The van der Waals surface area contributed by atoms with Crippen LogP contribution >= 0.6 is 0 Å². The fraction of sp³-hybridized carbons (Fsp3) is 0.300. The van der Waals surface area contributed by atoms with Crippen LogP contribution in [0.15, 0.2) is 0 Å². The van der Waals surface area contributed by atoms with Gasteiger partial charge in [-0.15, -0.1) is 0 Å². The fourth-order valence-corrected chi connectivity index (χ4v) is 1.21. The van der Waals surface area contributed by atoms with Crippen LogP contribution in [0.3, 0.4) is 0 Å². The van der Waals surface area contributed by atoms with Gasteiger partial charge in [0.05, 0.1) is 12.7 Å². The Morgan fingerprint density at radius 3 is 1.81 bits per heavy atom. The van der Waals surface area contributed by atoms with Crippen molar-refractivity contribution in [1.82, 2.24) is 0 Å². The lowest BCUT2D eigenvalue weighted by molar-refractivity contribution is 0.0977. The van der Waals surface area contributed by atoms with Crippen LogP contribution in [-0.4, -0.2) is 12.9 Å². The summed E-state index contributed by atoms with van der Waals surface area (Å²) >= 11 is 0. The second kappa shape index (κ2) is 4.51. The lowest BCUT2D eigenvalue weighted by atomic mass is 10.1. The molecule has 1 aromatic carbocycles. The molecule has 0 fully saturated rings. The fourth-order valence-electron chi connectivity index (χ4n) is 1.21. The molecule has 0 aromatic heterocycles. The van der Waals surface area contributed by atoms with Crippen LogP contribution in [0.2, 0.25) is 0 Å². The van der Waals surface area contributed by atoms with Crippen LogP contribution < -0.4 is 4.74 Å². The van der Waals surface area contributed by atoms with Crippen LogP contribution in [0.25, 0.3) is 0 Å². The molecule has 0 aliphatic carbocycles. The first-order chi connectivity index (χ1) is 7.45. The zero-order valence-electron chi connectivity index (χ0n) is 8.54. The van der Waals surface area contributed by atoms with Crippen molar-refractivity contribution in [2.45, 2.75) is 13.3 Å². The van der Waals surface area contributed by atoms with Gasteiger partial charge in [-0.2, -0.15) is 8.78 Å². The highest BCUT2D eigenvalue weighted by Gasteiger charge is 2.28. The number of carbonyl (C=O) groups is 1. The average Bonchev–Trinajstić information content (AvgIpc) is 2.27. The van der Waals surface area contributed by atoms with Gasteiger partial charge in [0, 0.05) is 6.42 Å². The molecule has 0 unspecified atom stereocenters. The van der Waals surface area contributed by atoms with Crippen molar-refractivity contribution in [2.75, 3.05) is 7.11 Å². The molecule has 16 heavy (non-hydrogen) atoms. The van der Waals surface area contributed by atoms with Crippen molar-refractivity contribution in [2.24, 2.45) is 0 Å².